The maximum atomic E-state index is 12.5. The van der Waals surface area contributed by atoms with Gasteiger partial charge in [-0.1, -0.05) is 22.0 Å². The van der Waals surface area contributed by atoms with E-state index >= 15 is 0 Å². The standard InChI is InChI=1S/C16H10BrN3O5/c17-10-2-4-11(5-3-10)19-16(23)12(15(22)18-19)7-9-1-6-14(21)13(8-9)20(24)25/h1-8,21H,(H,18,22). The third-order valence-electron chi connectivity index (χ3n) is 3.48. The number of halogens is 1. The van der Waals surface area contributed by atoms with Gasteiger partial charge in [-0.15, -0.1) is 0 Å². The molecule has 1 aliphatic heterocycles. The average molecular weight is 404 g/mol. The van der Waals surface area contributed by atoms with Crippen molar-refractivity contribution >= 4 is 45.2 Å². The van der Waals surface area contributed by atoms with Crippen LogP contribution in [0, 0.1) is 10.1 Å². The molecule has 0 radical (unpaired) electrons. The van der Waals surface area contributed by atoms with Gasteiger partial charge in [0.25, 0.3) is 11.8 Å². The van der Waals surface area contributed by atoms with Crippen molar-refractivity contribution in [2.45, 2.75) is 0 Å². The number of hydrogen-bond acceptors (Lipinski definition) is 5. The summed E-state index contributed by atoms with van der Waals surface area (Å²) >= 11 is 3.28. The topological polar surface area (TPSA) is 113 Å². The van der Waals surface area contributed by atoms with Crippen LogP contribution in [0.4, 0.5) is 11.4 Å². The number of phenols is 1. The van der Waals surface area contributed by atoms with Crippen LogP contribution >= 0.6 is 15.9 Å². The first-order valence-corrected chi connectivity index (χ1v) is 7.76. The van der Waals surface area contributed by atoms with Crippen molar-refractivity contribution in [2.75, 3.05) is 5.01 Å². The molecule has 1 heterocycles. The highest BCUT2D eigenvalue weighted by atomic mass is 79.9. The Morgan fingerprint density at radius 3 is 2.48 bits per heavy atom. The average Bonchev–Trinajstić information content (AvgIpc) is 2.85. The lowest BCUT2D eigenvalue weighted by Gasteiger charge is -2.14. The minimum Gasteiger partial charge on any atom is -0.502 e. The van der Waals surface area contributed by atoms with Gasteiger partial charge in [-0.3, -0.25) is 25.1 Å². The Morgan fingerprint density at radius 1 is 1.16 bits per heavy atom. The number of nitro benzene ring substituents is 1. The minimum absolute atomic E-state index is 0.164. The molecular formula is C16H10BrN3O5. The number of carbonyl (C=O) groups is 2. The predicted octanol–water partition coefficient (Wildman–Crippen LogP) is 2.52. The zero-order valence-electron chi connectivity index (χ0n) is 12.5. The molecular weight excluding hydrogens is 394 g/mol. The third-order valence-corrected chi connectivity index (χ3v) is 4.01. The van der Waals surface area contributed by atoms with Gasteiger partial charge in [0, 0.05) is 10.5 Å². The van der Waals surface area contributed by atoms with Crippen LogP contribution in [0.25, 0.3) is 6.08 Å². The second-order valence-electron chi connectivity index (χ2n) is 5.12. The lowest BCUT2D eigenvalue weighted by molar-refractivity contribution is -0.385. The highest BCUT2D eigenvalue weighted by Gasteiger charge is 2.34. The fraction of sp³-hybridized carbons (Fsp3) is 0. The summed E-state index contributed by atoms with van der Waals surface area (Å²) in [6, 6.07) is 10.3. The van der Waals surface area contributed by atoms with E-state index in [-0.39, 0.29) is 11.1 Å². The second-order valence-corrected chi connectivity index (χ2v) is 6.04. The molecule has 8 nitrogen and oxygen atoms in total. The third kappa shape index (κ3) is 3.22. The number of benzene rings is 2. The van der Waals surface area contributed by atoms with Crippen LogP contribution in [0.3, 0.4) is 0 Å². The Balaban J connectivity index is 1.95. The van der Waals surface area contributed by atoms with E-state index in [4.69, 9.17) is 0 Å². The number of phenolic OH excluding ortho intramolecular Hbond substituents is 1. The molecule has 3 rings (SSSR count). The van der Waals surface area contributed by atoms with Crippen molar-refractivity contribution in [2.24, 2.45) is 0 Å². The van der Waals surface area contributed by atoms with E-state index in [0.29, 0.717) is 5.69 Å². The van der Waals surface area contributed by atoms with Gasteiger partial charge in [0.1, 0.15) is 5.57 Å². The summed E-state index contributed by atoms with van der Waals surface area (Å²) in [5, 5.41) is 21.4. The Labute approximate surface area is 149 Å². The quantitative estimate of drug-likeness (QED) is 0.353. The lowest BCUT2D eigenvalue weighted by Crippen LogP contribution is -2.35. The summed E-state index contributed by atoms with van der Waals surface area (Å²) < 4.78 is 0.821. The Morgan fingerprint density at radius 2 is 1.84 bits per heavy atom. The molecule has 126 valence electrons. The Kier molecular flexibility index (Phi) is 4.24. The van der Waals surface area contributed by atoms with Gasteiger partial charge < -0.3 is 5.11 Å². The fourth-order valence-electron chi connectivity index (χ4n) is 2.27. The molecule has 2 aromatic rings. The number of amides is 2. The van der Waals surface area contributed by atoms with Crippen LogP contribution in [-0.4, -0.2) is 21.8 Å². The molecule has 0 bridgehead atoms. The van der Waals surface area contributed by atoms with Crippen molar-refractivity contribution in [3.63, 3.8) is 0 Å². The molecule has 0 aromatic heterocycles. The summed E-state index contributed by atoms with van der Waals surface area (Å²) in [5.74, 6) is -1.70. The molecule has 0 spiro atoms. The van der Waals surface area contributed by atoms with Crippen LogP contribution < -0.4 is 10.4 Å². The Hall–Kier alpha value is -3.20. The molecule has 0 saturated carbocycles. The van der Waals surface area contributed by atoms with Gasteiger partial charge in [-0.05, 0) is 42.0 Å². The first kappa shape index (κ1) is 16.7. The molecule has 1 saturated heterocycles. The van der Waals surface area contributed by atoms with Crippen LogP contribution in [0.15, 0.2) is 52.5 Å². The van der Waals surface area contributed by atoms with E-state index in [0.717, 1.165) is 21.6 Å². The van der Waals surface area contributed by atoms with Gasteiger partial charge in [-0.2, -0.15) is 0 Å². The van der Waals surface area contributed by atoms with Crippen molar-refractivity contribution in [1.82, 2.24) is 5.43 Å². The highest BCUT2D eigenvalue weighted by molar-refractivity contribution is 9.10. The van der Waals surface area contributed by atoms with Crippen molar-refractivity contribution in [1.29, 1.82) is 0 Å². The predicted molar refractivity (Wildman–Crippen MR) is 92.5 cm³/mol. The zero-order valence-corrected chi connectivity index (χ0v) is 14.1. The molecule has 0 unspecified atom stereocenters. The smallest absolute Gasteiger partial charge is 0.311 e. The van der Waals surface area contributed by atoms with Gasteiger partial charge in [0.15, 0.2) is 5.75 Å². The highest BCUT2D eigenvalue weighted by Crippen LogP contribution is 2.28. The first-order chi connectivity index (χ1) is 11.9. The summed E-state index contributed by atoms with van der Waals surface area (Å²) in [6.45, 7) is 0. The number of nitrogens with zero attached hydrogens (tertiary/aromatic N) is 2. The normalized spacial score (nSPS) is 15.6. The monoisotopic (exact) mass is 403 g/mol. The van der Waals surface area contributed by atoms with Gasteiger partial charge >= 0.3 is 5.69 Å². The van der Waals surface area contributed by atoms with Crippen molar-refractivity contribution < 1.29 is 19.6 Å². The minimum atomic E-state index is -0.748. The second kappa shape index (κ2) is 6.36. The number of nitrogens with one attached hydrogen (secondary N) is 1. The summed E-state index contributed by atoms with van der Waals surface area (Å²) in [4.78, 5) is 34.7. The summed E-state index contributed by atoms with van der Waals surface area (Å²) in [7, 11) is 0. The number of nitro groups is 1. The molecule has 1 aliphatic rings. The molecule has 0 aliphatic carbocycles. The van der Waals surface area contributed by atoms with E-state index < -0.39 is 28.2 Å². The fourth-order valence-corrected chi connectivity index (χ4v) is 2.54. The maximum absolute atomic E-state index is 12.5. The molecule has 0 atom stereocenters. The van der Waals surface area contributed by atoms with Crippen molar-refractivity contribution in [3.8, 4) is 5.75 Å². The Bertz CT molecular complexity index is 924. The lowest BCUT2D eigenvalue weighted by atomic mass is 10.1. The van der Waals surface area contributed by atoms with Crippen LogP contribution in [0.5, 0.6) is 5.75 Å². The van der Waals surface area contributed by atoms with Gasteiger partial charge in [0.05, 0.1) is 10.6 Å². The van der Waals surface area contributed by atoms with E-state index in [1.807, 2.05) is 0 Å². The first-order valence-electron chi connectivity index (χ1n) is 6.97. The molecule has 2 amide bonds. The van der Waals surface area contributed by atoms with Gasteiger partial charge in [0.2, 0.25) is 0 Å². The van der Waals surface area contributed by atoms with Crippen LogP contribution in [-0.2, 0) is 9.59 Å². The number of rotatable bonds is 3. The van der Waals surface area contributed by atoms with Crippen LogP contribution in [0.2, 0.25) is 0 Å². The largest absolute Gasteiger partial charge is 0.502 e. The zero-order chi connectivity index (χ0) is 18.1. The molecule has 25 heavy (non-hydrogen) atoms. The van der Waals surface area contributed by atoms with E-state index in [9.17, 15) is 24.8 Å². The van der Waals surface area contributed by atoms with E-state index in [1.54, 1.807) is 24.3 Å². The molecule has 2 aromatic carbocycles. The maximum Gasteiger partial charge on any atom is 0.311 e. The number of hydrazine groups is 1. The van der Waals surface area contributed by atoms with Crippen LogP contribution in [0.1, 0.15) is 5.56 Å². The summed E-state index contributed by atoms with van der Waals surface area (Å²) in [6.07, 6.45) is 1.24. The molecule has 2 N–H and O–H groups in total. The van der Waals surface area contributed by atoms with E-state index in [1.165, 1.54) is 12.1 Å². The SMILES string of the molecule is O=C1NN(c2ccc(Br)cc2)C(=O)C1=Cc1ccc(O)c([N+](=O)[O-])c1. The van der Waals surface area contributed by atoms with Crippen molar-refractivity contribution in [3.05, 3.63) is 68.2 Å². The molecule has 1 fully saturated rings. The number of hydrogen-bond donors (Lipinski definition) is 2. The van der Waals surface area contributed by atoms with E-state index in [2.05, 4.69) is 21.4 Å². The summed E-state index contributed by atoms with van der Waals surface area (Å²) in [5.41, 5.74) is 2.49. The number of aromatic hydroxyl groups is 1. The number of carbonyl (C=O) groups excluding carboxylic acids is 2. The molecule has 9 heteroatoms. The van der Waals surface area contributed by atoms with Gasteiger partial charge in [-0.25, -0.2) is 5.01 Å². The number of anilines is 1.